The van der Waals surface area contributed by atoms with Crippen molar-refractivity contribution >= 4 is 24.3 Å². The first-order valence-corrected chi connectivity index (χ1v) is 13.6. The van der Waals surface area contributed by atoms with Gasteiger partial charge in [0, 0.05) is 32.7 Å². The van der Waals surface area contributed by atoms with Crippen molar-refractivity contribution in [3.8, 4) is 5.75 Å². The Hall–Kier alpha value is -3.34. The van der Waals surface area contributed by atoms with Crippen molar-refractivity contribution in [2.75, 3.05) is 59.2 Å². The number of rotatable bonds is 15. The Morgan fingerprint density at radius 1 is 1.14 bits per heavy atom. The molecule has 3 atom stereocenters. The Bertz CT molecular complexity index is 989. The summed E-state index contributed by atoms with van der Waals surface area (Å²) in [6, 6.07) is 7.23. The SMILES string of the molecule is CC1(C)OC[C@H](CC(Cc2ccc(OC[C@@H](O)CNCCN(C=O)N3CCOCC3)cc2)C(=O)O)O1.O=C(O)C(=O)O. The van der Waals surface area contributed by atoms with E-state index in [4.69, 9.17) is 38.7 Å². The molecule has 2 fully saturated rings. The number of hydrogen-bond acceptors (Lipinski definition) is 11. The van der Waals surface area contributed by atoms with Crippen LogP contribution in [-0.4, -0.2) is 132 Å². The number of ether oxygens (including phenoxy) is 4. The molecule has 2 saturated heterocycles. The number of carbonyl (C=O) groups excluding carboxylic acids is 1. The van der Waals surface area contributed by atoms with Gasteiger partial charge in [-0.05, 0) is 44.4 Å². The van der Waals surface area contributed by atoms with Gasteiger partial charge >= 0.3 is 17.9 Å². The van der Waals surface area contributed by atoms with Crippen LogP contribution in [0.5, 0.6) is 5.75 Å². The third-order valence-electron chi connectivity index (χ3n) is 6.36. The number of hydrogen-bond donors (Lipinski definition) is 5. The first-order chi connectivity index (χ1) is 19.9. The average Bonchev–Trinajstić information content (AvgIpc) is 3.30. The highest BCUT2D eigenvalue weighted by Crippen LogP contribution is 2.28. The fourth-order valence-electron chi connectivity index (χ4n) is 4.26. The summed E-state index contributed by atoms with van der Waals surface area (Å²) in [6.45, 7) is 8.12. The molecule has 0 aliphatic carbocycles. The molecule has 5 N–H and O–H groups in total. The fraction of sp³-hybridized carbons (Fsp3) is 0.630. The number of carboxylic acid groups (broad SMARTS) is 3. The van der Waals surface area contributed by atoms with E-state index in [0.717, 1.165) is 12.0 Å². The molecule has 1 aromatic carbocycles. The van der Waals surface area contributed by atoms with E-state index in [-0.39, 0.29) is 12.7 Å². The van der Waals surface area contributed by atoms with Crippen LogP contribution in [-0.2, 0) is 39.8 Å². The van der Waals surface area contributed by atoms with Crippen LogP contribution in [0.1, 0.15) is 25.8 Å². The van der Waals surface area contributed by atoms with Gasteiger partial charge in [0.1, 0.15) is 18.5 Å². The topological polar surface area (TPSA) is 205 Å². The van der Waals surface area contributed by atoms with Gasteiger partial charge in [-0.15, -0.1) is 0 Å². The molecule has 1 amide bonds. The Morgan fingerprint density at radius 3 is 2.31 bits per heavy atom. The maximum Gasteiger partial charge on any atom is 0.414 e. The number of nitrogens with zero attached hydrogens (tertiary/aromatic N) is 2. The molecular weight excluding hydrogens is 558 g/mol. The van der Waals surface area contributed by atoms with Crippen LogP contribution < -0.4 is 10.1 Å². The van der Waals surface area contributed by atoms with E-state index in [1.54, 1.807) is 17.1 Å². The zero-order valence-corrected chi connectivity index (χ0v) is 23.8. The van der Waals surface area contributed by atoms with Crippen LogP contribution in [0.3, 0.4) is 0 Å². The number of aliphatic hydroxyl groups excluding tert-OH is 1. The molecule has 15 nitrogen and oxygen atoms in total. The van der Waals surface area contributed by atoms with Gasteiger partial charge in [-0.1, -0.05) is 12.1 Å². The molecule has 0 radical (unpaired) electrons. The second kappa shape index (κ2) is 17.6. The van der Waals surface area contributed by atoms with Gasteiger partial charge in [-0.2, -0.15) is 0 Å². The summed E-state index contributed by atoms with van der Waals surface area (Å²) in [5, 5.41) is 41.4. The van der Waals surface area contributed by atoms with Gasteiger partial charge in [0.15, 0.2) is 5.79 Å². The van der Waals surface area contributed by atoms with Gasteiger partial charge in [0.2, 0.25) is 6.41 Å². The molecule has 2 heterocycles. The molecule has 42 heavy (non-hydrogen) atoms. The molecule has 2 aliphatic rings. The molecule has 0 saturated carbocycles. The zero-order chi connectivity index (χ0) is 31.1. The summed E-state index contributed by atoms with van der Waals surface area (Å²) in [6.07, 6.45) is 0.622. The minimum atomic E-state index is -1.82. The van der Waals surface area contributed by atoms with Gasteiger partial charge < -0.3 is 44.7 Å². The van der Waals surface area contributed by atoms with Crippen LogP contribution in [0.2, 0.25) is 0 Å². The number of hydrazine groups is 1. The predicted molar refractivity (Wildman–Crippen MR) is 146 cm³/mol. The number of benzene rings is 1. The van der Waals surface area contributed by atoms with Crippen LogP contribution >= 0.6 is 0 Å². The van der Waals surface area contributed by atoms with Crippen molar-refractivity contribution in [3.63, 3.8) is 0 Å². The van der Waals surface area contributed by atoms with E-state index >= 15 is 0 Å². The Morgan fingerprint density at radius 2 is 1.79 bits per heavy atom. The lowest BCUT2D eigenvalue weighted by Gasteiger charge is -2.34. The first kappa shape index (κ1) is 34.9. The van der Waals surface area contributed by atoms with Crippen molar-refractivity contribution < 1.29 is 58.6 Å². The number of aliphatic carboxylic acids is 3. The van der Waals surface area contributed by atoms with Gasteiger partial charge in [0.25, 0.3) is 0 Å². The van der Waals surface area contributed by atoms with E-state index in [1.165, 1.54) is 0 Å². The Labute approximate surface area is 243 Å². The molecule has 0 bridgehead atoms. The van der Waals surface area contributed by atoms with Crippen molar-refractivity contribution in [1.82, 2.24) is 15.3 Å². The largest absolute Gasteiger partial charge is 0.491 e. The monoisotopic (exact) mass is 599 g/mol. The summed E-state index contributed by atoms with van der Waals surface area (Å²) in [5.74, 6) is -5.17. The third-order valence-corrected chi connectivity index (χ3v) is 6.36. The number of nitrogens with one attached hydrogen (secondary N) is 1. The number of morpholine rings is 1. The number of carboxylic acids is 3. The minimum absolute atomic E-state index is 0.111. The molecule has 236 valence electrons. The van der Waals surface area contributed by atoms with E-state index in [9.17, 15) is 19.8 Å². The third kappa shape index (κ3) is 13.1. The molecule has 3 rings (SSSR count). The summed E-state index contributed by atoms with van der Waals surface area (Å²) in [7, 11) is 0. The molecule has 15 heteroatoms. The van der Waals surface area contributed by atoms with E-state index < -0.39 is 35.7 Å². The van der Waals surface area contributed by atoms with E-state index in [1.807, 2.05) is 31.0 Å². The Kier molecular flexibility index (Phi) is 14.6. The smallest absolute Gasteiger partial charge is 0.414 e. The standard InChI is InChI=1S/C25H39N3O8.C2H2O4/c1-25(2)35-17-23(36-25)14-20(24(31)32)13-19-3-5-22(6-4-19)34-16-21(30)15-26-7-8-28(18-29)27-9-11-33-12-10-27;3-1(4)2(5)6/h3-6,18,20-21,23,26,30H,7-17H2,1-2H3,(H,31,32);(H,3,4)(H,5,6)/t20?,21-,23-;/m0./s1. The summed E-state index contributed by atoms with van der Waals surface area (Å²) in [4.78, 5) is 41.3. The maximum absolute atomic E-state index is 11.8. The summed E-state index contributed by atoms with van der Waals surface area (Å²) in [5.41, 5.74) is 0.884. The van der Waals surface area contributed by atoms with Crippen molar-refractivity contribution in [2.24, 2.45) is 5.92 Å². The lowest BCUT2D eigenvalue weighted by atomic mass is 9.94. The summed E-state index contributed by atoms with van der Waals surface area (Å²) >= 11 is 0. The number of aliphatic hydroxyl groups is 1. The lowest BCUT2D eigenvalue weighted by Crippen LogP contribution is -2.50. The molecule has 0 spiro atoms. The second-order valence-corrected chi connectivity index (χ2v) is 10.2. The van der Waals surface area contributed by atoms with Crippen LogP contribution in [0.4, 0.5) is 0 Å². The molecule has 0 aromatic heterocycles. The highest BCUT2D eigenvalue weighted by atomic mass is 16.7. The normalized spacial score (nSPS) is 19.5. The highest BCUT2D eigenvalue weighted by Gasteiger charge is 2.35. The second-order valence-electron chi connectivity index (χ2n) is 10.2. The van der Waals surface area contributed by atoms with Gasteiger partial charge in [-0.3, -0.25) is 14.6 Å². The highest BCUT2D eigenvalue weighted by molar-refractivity contribution is 6.27. The zero-order valence-electron chi connectivity index (χ0n) is 23.8. The molecule has 1 aromatic rings. The fourth-order valence-corrected chi connectivity index (χ4v) is 4.26. The van der Waals surface area contributed by atoms with Crippen LogP contribution in [0, 0.1) is 5.92 Å². The molecule has 1 unspecified atom stereocenters. The van der Waals surface area contributed by atoms with Gasteiger partial charge in [-0.25, -0.2) is 14.6 Å². The number of amides is 1. The maximum atomic E-state index is 11.8. The lowest BCUT2D eigenvalue weighted by molar-refractivity contribution is -0.159. The molecular formula is C27H41N3O12. The van der Waals surface area contributed by atoms with Crippen molar-refractivity contribution in [2.45, 2.75) is 44.7 Å². The first-order valence-electron chi connectivity index (χ1n) is 13.6. The molecule has 2 aliphatic heterocycles. The van der Waals surface area contributed by atoms with E-state index in [0.29, 0.717) is 71.1 Å². The van der Waals surface area contributed by atoms with Crippen LogP contribution in [0.15, 0.2) is 24.3 Å². The predicted octanol–water partition coefficient (Wildman–Crippen LogP) is -0.338. The van der Waals surface area contributed by atoms with Gasteiger partial charge in [0.05, 0.1) is 31.8 Å². The quantitative estimate of drug-likeness (QED) is 0.0994. The van der Waals surface area contributed by atoms with Crippen molar-refractivity contribution in [3.05, 3.63) is 29.8 Å². The van der Waals surface area contributed by atoms with Crippen molar-refractivity contribution in [1.29, 1.82) is 0 Å². The van der Waals surface area contributed by atoms with Crippen LogP contribution in [0.25, 0.3) is 0 Å². The Balaban J connectivity index is 0.000000928. The summed E-state index contributed by atoms with van der Waals surface area (Å²) < 4.78 is 22.3. The van der Waals surface area contributed by atoms with E-state index in [2.05, 4.69) is 5.32 Å². The average molecular weight is 600 g/mol. The number of carbonyl (C=O) groups is 4. The minimum Gasteiger partial charge on any atom is -0.491 e.